The number of aromatic nitrogens is 2. The molecule has 0 amide bonds. The lowest BCUT2D eigenvalue weighted by Crippen LogP contribution is -1.99. The Hall–Kier alpha value is -1.90. The molecular formula is C12H13N3. The number of aryl methyl sites for hydroxylation is 2. The fourth-order valence-electron chi connectivity index (χ4n) is 1.43. The molecule has 3 nitrogen and oxygen atoms in total. The van der Waals surface area contributed by atoms with E-state index in [1.54, 1.807) is 0 Å². The molecule has 76 valence electrons. The first-order valence-corrected chi connectivity index (χ1v) is 4.88. The molecule has 0 unspecified atom stereocenters. The Morgan fingerprint density at radius 1 is 0.933 bits per heavy atom. The van der Waals surface area contributed by atoms with E-state index in [4.69, 9.17) is 0 Å². The van der Waals surface area contributed by atoms with Gasteiger partial charge in [0.25, 0.3) is 0 Å². The van der Waals surface area contributed by atoms with E-state index in [2.05, 4.69) is 15.3 Å². The number of benzene rings is 1. The summed E-state index contributed by atoms with van der Waals surface area (Å²) in [6.45, 7) is 3.93. The highest BCUT2D eigenvalue weighted by atomic mass is 15.7. The van der Waals surface area contributed by atoms with E-state index in [0.717, 1.165) is 17.1 Å². The Labute approximate surface area is 89.2 Å². The Kier molecular flexibility index (Phi) is 2.63. The standard InChI is InChI=1S/C12H13N3/c1-9-8-10(2)14-12(13-9)15-11-6-4-3-5-7-11/h3-8H,1-2H3,(H,13,14,15)/i13+1,14+1. The minimum atomic E-state index is 0.652. The molecular weight excluding hydrogens is 188 g/mol. The van der Waals surface area contributed by atoms with Crippen molar-refractivity contribution in [3.05, 3.63) is 47.8 Å². The van der Waals surface area contributed by atoms with Crippen LogP contribution >= 0.6 is 0 Å². The predicted octanol–water partition coefficient (Wildman–Crippen LogP) is 2.84. The second-order valence-corrected chi connectivity index (χ2v) is 3.47. The molecule has 1 heterocycles. The Morgan fingerprint density at radius 2 is 1.53 bits per heavy atom. The van der Waals surface area contributed by atoms with Crippen molar-refractivity contribution in [2.45, 2.75) is 13.8 Å². The number of nitrogens with one attached hydrogen (secondary N) is 1. The Bertz CT molecular complexity index is 431. The second kappa shape index (κ2) is 4.09. The molecule has 15 heavy (non-hydrogen) atoms. The van der Waals surface area contributed by atoms with E-state index in [9.17, 15) is 0 Å². The minimum absolute atomic E-state index is 0.652. The van der Waals surface area contributed by atoms with Crippen molar-refractivity contribution in [1.29, 1.82) is 0 Å². The van der Waals surface area contributed by atoms with Crippen molar-refractivity contribution >= 4 is 11.6 Å². The summed E-state index contributed by atoms with van der Waals surface area (Å²) < 4.78 is 0. The second-order valence-electron chi connectivity index (χ2n) is 3.47. The van der Waals surface area contributed by atoms with Crippen LogP contribution in [0.25, 0.3) is 0 Å². The van der Waals surface area contributed by atoms with Gasteiger partial charge in [0, 0.05) is 17.1 Å². The number of anilines is 2. The molecule has 0 spiro atoms. The van der Waals surface area contributed by atoms with E-state index >= 15 is 0 Å². The van der Waals surface area contributed by atoms with Crippen molar-refractivity contribution in [2.24, 2.45) is 0 Å². The number of hydrogen-bond donors (Lipinski definition) is 1. The number of nitrogens with zero attached hydrogens (tertiary/aromatic N) is 2. The molecule has 0 aliphatic rings. The number of hydrogen-bond acceptors (Lipinski definition) is 3. The molecule has 1 N–H and O–H groups in total. The van der Waals surface area contributed by atoms with Gasteiger partial charge in [0.05, 0.1) is 0 Å². The van der Waals surface area contributed by atoms with Gasteiger partial charge in [-0.1, -0.05) is 18.2 Å². The van der Waals surface area contributed by atoms with Gasteiger partial charge in [-0.15, -0.1) is 0 Å². The summed E-state index contributed by atoms with van der Waals surface area (Å²) in [5, 5.41) is 3.16. The molecule has 1 aromatic carbocycles. The lowest BCUT2D eigenvalue weighted by molar-refractivity contribution is 1.06. The smallest absolute Gasteiger partial charge is 0.227 e. The van der Waals surface area contributed by atoms with Crippen LogP contribution in [0.5, 0.6) is 0 Å². The van der Waals surface area contributed by atoms with Crippen LogP contribution in [0.2, 0.25) is 0 Å². The third-order valence-electron chi connectivity index (χ3n) is 2.01. The topological polar surface area (TPSA) is 37.8 Å². The van der Waals surface area contributed by atoms with Crippen molar-refractivity contribution in [3.8, 4) is 0 Å². The average Bonchev–Trinajstić information content (AvgIpc) is 2.17. The molecule has 0 atom stereocenters. The lowest BCUT2D eigenvalue weighted by atomic mass is 10.3. The Balaban J connectivity index is 2.25. The molecule has 2 aromatic rings. The largest absolute Gasteiger partial charge is 0.324 e. The zero-order chi connectivity index (χ0) is 10.7. The van der Waals surface area contributed by atoms with Crippen LogP contribution in [0.3, 0.4) is 0 Å². The number of rotatable bonds is 2. The molecule has 0 bridgehead atoms. The van der Waals surface area contributed by atoms with Gasteiger partial charge >= 0.3 is 0 Å². The van der Waals surface area contributed by atoms with E-state index in [1.807, 2.05) is 50.2 Å². The van der Waals surface area contributed by atoms with Crippen LogP contribution in [0.15, 0.2) is 36.4 Å². The maximum absolute atomic E-state index is 4.31. The summed E-state index contributed by atoms with van der Waals surface area (Å²) in [4.78, 5) is 8.61. The highest BCUT2D eigenvalue weighted by molar-refractivity contribution is 5.52. The monoisotopic (exact) mass is 201 g/mol. The normalized spacial score (nSPS) is 10.0. The molecule has 0 saturated carbocycles. The minimum Gasteiger partial charge on any atom is -0.324 e. The van der Waals surface area contributed by atoms with Crippen LogP contribution in [-0.4, -0.2) is 9.97 Å². The van der Waals surface area contributed by atoms with Gasteiger partial charge in [-0.05, 0) is 32.0 Å². The summed E-state index contributed by atoms with van der Waals surface area (Å²) in [5.74, 6) is 0.652. The van der Waals surface area contributed by atoms with Crippen LogP contribution < -0.4 is 5.32 Å². The first-order chi connectivity index (χ1) is 7.24. The van der Waals surface area contributed by atoms with Crippen LogP contribution in [0.1, 0.15) is 11.4 Å². The maximum Gasteiger partial charge on any atom is 0.227 e. The first-order valence-electron chi connectivity index (χ1n) is 4.88. The fourth-order valence-corrected chi connectivity index (χ4v) is 1.43. The van der Waals surface area contributed by atoms with Gasteiger partial charge in [0.15, 0.2) is 0 Å². The number of para-hydroxylation sites is 1. The van der Waals surface area contributed by atoms with Crippen molar-refractivity contribution in [2.75, 3.05) is 5.32 Å². The molecule has 0 aliphatic heterocycles. The van der Waals surface area contributed by atoms with Crippen LogP contribution in [0, 0.1) is 13.8 Å². The fraction of sp³-hybridized carbons (Fsp3) is 0.167. The summed E-state index contributed by atoms with van der Waals surface area (Å²) in [6, 6.07) is 11.9. The van der Waals surface area contributed by atoms with Gasteiger partial charge in [0.1, 0.15) is 0 Å². The van der Waals surface area contributed by atoms with Crippen LogP contribution in [0.4, 0.5) is 11.6 Å². The third-order valence-corrected chi connectivity index (χ3v) is 2.01. The Morgan fingerprint density at radius 3 is 2.13 bits per heavy atom. The summed E-state index contributed by atoms with van der Waals surface area (Å²) in [7, 11) is 0. The van der Waals surface area contributed by atoms with E-state index in [-0.39, 0.29) is 0 Å². The molecule has 2 rings (SSSR count). The average molecular weight is 201 g/mol. The van der Waals surface area contributed by atoms with E-state index < -0.39 is 0 Å². The highest BCUT2D eigenvalue weighted by Crippen LogP contribution is 2.12. The summed E-state index contributed by atoms with van der Waals surface area (Å²) in [5.41, 5.74) is 2.95. The zero-order valence-electron chi connectivity index (χ0n) is 8.86. The molecule has 0 aliphatic carbocycles. The molecule has 3 heteroatoms. The van der Waals surface area contributed by atoms with Crippen molar-refractivity contribution in [3.63, 3.8) is 0 Å². The predicted molar refractivity (Wildman–Crippen MR) is 61.2 cm³/mol. The SMILES string of the molecule is Cc1cc(C)[15n]c(Nc2ccccc2)[15n]1. The summed E-state index contributed by atoms with van der Waals surface area (Å²) in [6.07, 6.45) is 0. The van der Waals surface area contributed by atoms with Gasteiger partial charge in [-0.3, -0.25) is 0 Å². The quantitative estimate of drug-likeness (QED) is 0.811. The van der Waals surface area contributed by atoms with Crippen LogP contribution in [-0.2, 0) is 0 Å². The van der Waals surface area contributed by atoms with Gasteiger partial charge in [-0.2, -0.15) is 0 Å². The lowest BCUT2D eigenvalue weighted by Gasteiger charge is -2.05. The van der Waals surface area contributed by atoms with Crippen molar-refractivity contribution < 1.29 is 0 Å². The van der Waals surface area contributed by atoms with Gasteiger partial charge in [0.2, 0.25) is 5.95 Å². The first kappa shape index (κ1) is 9.65. The molecule has 1 aromatic heterocycles. The maximum atomic E-state index is 4.31. The van der Waals surface area contributed by atoms with E-state index in [1.165, 1.54) is 0 Å². The highest BCUT2D eigenvalue weighted by Gasteiger charge is 1.98. The zero-order valence-corrected chi connectivity index (χ0v) is 8.86. The van der Waals surface area contributed by atoms with E-state index in [0.29, 0.717) is 5.95 Å². The molecule has 0 radical (unpaired) electrons. The van der Waals surface area contributed by atoms with Crippen molar-refractivity contribution in [1.82, 2.24) is 9.97 Å². The third kappa shape index (κ3) is 2.53. The van der Waals surface area contributed by atoms with Gasteiger partial charge in [-0.25, -0.2) is 9.97 Å². The summed E-state index contributed by atoms with van der Waals surface area (Å²) >= 11 is 0. The van der Waals surface area contributed by atoms with Gasteiger partial charge < -0.3 is 5.32 Å². The molecule has 0 saturated heterocycles. The molecule has 0 fully saturated rings.